The zero-order valence-corrected chi connectivity index (χ0v) is 14.7. The van der Waals surface area contributed by atoms with Crippen molar-refractivity contribution in [2.24, 2.45) is 0 Å². The maximum Gasteiger partial charge on any atom is 0.416 e. The molecule has 1 aromatic heterocycles. The van der Waals surface area contributed by atoms with Crippen LogP contribution in [0.3, 0.4) is 0 Å². The van der Waals surface area contributed by atoms with Gasteiger partial charge in [0, 0.05) is 12.2 Å². The number of carbonyl (C=O) groups excluding carboxylic acids is 3. The highest BCUT2D eigenvalue weighted by Crippen LogP contribution is 2.30. The van der Waals surface area contributed by atoms with Gasteiger partial charge in [-0.15, -0.1) is 11.3 Å². The zero-order valence-electron chi connectivity index (χ0n) is 13.8. The van der Waals surface area contributed by atoms with Crippen LogP contribution in [-0.2, 0) is 20.5 Å². The van der Waals surface area contributed by atoms with E-state index in [4.69, 9.17) is 4.74 Å². The number of halogens is 3. The quantitative estimate of drug-likeness (QED) is 0.700. The van der Waals surface area contributed by atoms with Gasteiger partial charge in [0.05, 0.1) is 16.9 Å². The Morgan fingerprint density at radius 3 is 2.56 bits per heavy atom. The lowest BCUT2D eigenvalue weighted by molar-refractivity contribution is -0.147. The Morgan fingerprint density at radius 2 is 1.89 bits per heavy atom. The molecule has 0 aliphatic heterocycles. The zero-order chi connectivity index (χ0) is 19.9. The van der Waals surface area contributed by atoms with Gasteiger partial charge in [-0.1, -0.05) is 12.1 Å². The monoisotopic (exact) mass is 400 g/mol. The third kappa shape index (κ3) is 6.74. The van der Waals surface area contributed by atoms with E-state index < -0.39 is 30.2 Å². The summed E-state index contributed by atoms with van der Waals surface area (Å²) in [5, 5.41) is 6.49. The number of amides is 2. The van der Waals surface area contributed by atoms with Crippen molar-refractivity contribution in [2.45, 2.75) is 12.6 Å². The third-order valence-electron chi connectivity index (χ3n) is 3.20. The first-order valence-electron chi connectivity index (χ1n) is 7.70. The molecule has 1 aromatic carbocycles. The van der Waals surface area contributed by atoms with Crippen LogP contribution in [0.2, 0.25) is 0 Å². The van der Waals surface area contributed by atoms with Gasteiger partial charge in [-0.05, 0) is 29.6 Å². The van der Waals surface area contributed by atoms with Gasteiger partial charge >= 0.3 is 12.1 Å². The number of benzene rings is 1. The number of esters is 1. The molecule has 144 valence electrons. The summed E-state index contributed by atoms with van der Waals surface area (Å²) in [4.78, 5) is 35.4. The van der Waals surface area contributed by atoms with Crippen molar-refractivity contribution in [2.75, 3.05) is 18.5 Å². The average molecular weight is 400 g/mol. The standard InChI is InChI=1S/C17H15F3N2O4S/c18-17(19,20)11-3-1-4-12(9-11)22-14(23)10-26-15(24)6-7-21-16(25)13-5-2-8-27-13/h1-5,8-9H,6-7,10H2,(H,21,25)(H,22,23). The van der Waals surface area contributed by atoms with E-state index in [0.29, 0.717) is 4.88 Å². The number of thiophene rings is 1. The highest BCUT2D eigenvalue weighted by Gasteiger charge is 2.30. The predicted octanol–water partition coefficient (Wildman–Crippen LogP) is 3.07. The summed E-state index contributed by atoms with van der Waals surface area (Å²) in [5.41, 5.74) is -0.965. The van der Waals surface area contributed by atoms with E-state index in [-0.39, 0.29) is 24.6 Å². The Labute approximate surface area is 156 Å². The maximum absolute atomic E-state index is 12.6. The fraction of sp³-hybridized carbons (Fsp3) is 0.235. The Hall–Kier alpha value is -2.88. The van der Waals surface area contributed by atoms with Crippen molar-refractivity contribution < 1.29 is 32.3 Å². The summed E-state index contributed by atoms with van der Waals surface area (Å²) in [7, 11) is 0. The van der Waals surface area contributed by atoms with Crippen molar-refractivity contribution in [1.29, 1.82) is 0 Å². The normalized spacial score (nSPS) is 10.9. The molecule has 6 nitrogen and oxygen atoms in total. The summed E-state index contributed by atoms with van der Waals surface area (Å²) in [5.74, 6) is -1.81. The maximum atomic E-state index is 12.6. The van der Waals surface area contributed by atoms with Crippen LogP contribution in [0.1, 0.15) is 21.7 Å². The molecule has 0 radical (unpaired) electrons. The Morgan fingerprint density at radius 1 is 1.11 bits per heavy atom. The van der Waals surface area contributed by atoms with Crippen LogP contribution in [-0.4, -0.2) is 30.9 Å². The molecule has 0 atom stereocenters. The van der Waals surface area contributed by atoms with Crippen LogP contribution in [0.15, 0.2) is 41.8 Å². The van der Waals surface area contributed by atoms with Gasteiger partial charge in [0.15, 0.2) is 6.61 Å². The molecule has 2 aromatic rings. The van der Waals surface area contributed by atoms with Crippen molar-refractivity contribution in [1.82, 2.24) is 5.32 Å². The van der Waals surface area contributed by atoms with E-state index in [1.807, 2.05) is 0 Å². The van der Waals surface area contributed by atoms with Gasteiger partial charge in [-0.25, -0.2) is 0 Å². The molecular weight excluding hydrogens is 385 g/mol. The van der Waals surface area contributed by atoms with E-state index in [1.165, 1.54) is 17.4 Å². The van der Waals surface area contributed by atoms with Gasteiger partial charge in [0.25, 0.3) is 11.8 Å². The lowest BCUT2D eigenvalue weighted by Gasteiger charge is -2.10. The molecule has 2 amide bonds. The first-order valence-corrected chi connectivity index (χ1v) is 8.58. The predicted molar refractivity (Wildman–Crippen MR) is 92.3 cm³/mol. The van der Waals surface area contributed by atoms with E-state index in [0.717, 1.165) is 18.2 Å². The van der Waals surface area contributed by atoms with Crippen molar-refractivity contribution in [3.05, 3.63) is 52.2 Å². The minimum atomic E-state index is -4.53. The molecule has 0 saturated carbocycles. The number of rotatable bonds is 7. The fourth-order valence-electron chi connectivity index (χ4n) is 1.96. The molecule has 0 spiro atoms. The van der Waals surface area contributed by atoms with E-state index in [2.05, 4.69) is 10.6 Å². The van der Waals surface area contributed by atoms with Gasteiger partial charge in [0.2, 0.25) is 0 Å². The number of alkyl halides is 3. The Kier molecular flexibility index (Phi) is 6.94. The summed E-state index contributed by atoms with van der Waals surface area (Å²) in [6.45, 7) is -0.612. The summed E-state index contributed by atoms with van der Waals surface area (Å²) in [6.07, 6.45) is -4.67. The summed E-state index contributed by atoms with van der Waals surface area (Å²) < 4.78 is 42.6. The van der Waals surface area contributed by atoms with Crippen LogP contribution in [0.4, 0.5) is 18.9 Å². The van der Waals surface area contributed by atoms with E-state index in [1.54, 1.807) is 17.5 Å². The van der Waals surface area contributed by atoms with Crippen LogP contribution in [0.25, 0.3) is 0 Å². The number of ether oxygens (including phenoxy) is 1. The largest absolute Gasteiger partial charge is 0.456 e. The highest BCUT2D eigenvalue weighted by molar-refractivity contribution is 7.12. The number of carbonyl (C=O) groups is 3. The van der Waals surface area contributed by atoms with Crippen LogP contribution >= 0.6 is 11.3 Å². The summed E-state index contributed by atoms with van der Waals surface area (Å²) >= 11 is 1.26. The van der Waals surface area contributed by atoms with Gasteiger partial charge in [-0.3, -0.25) is 14.4 Å². The Balaban J connectivity index is 1.70. The van der Waals surface area contributed by atoms with E-state index >= 15 is 0 Å². The number of nitrogens with one attached hydrogen (secondary N) is 2. The van der Waals surface area contributed by atoms with Crippen molar-refractivity contribution in [3.8, 4) is 0 Å². The molecule has 0 aliphatic rings. The van der Waals surface area contributed by atoms with Crippen molar-refractivity contribution in [3.63, 3.8) is 0 Å². The molecule has 0 saturated heterocycles. The molecule has 2 rings (SSSR count). The lowest BCUT2D eigenvalue weighted by Crippen LogP contribution is -2.27. The second-order valence-corrected chi connectivity index (χ2v) is 6.22. The molecule has 10 heteroatoms. The molecule has 0 bridgehead atoms. The van der Waals surface area contributed by atoms with Gasteiger partial charge < -0.3 is 15.4 Å². The lowest BCUT2D eigenvalue weighted by atomic mass is 10.2. The molecule has 27 heavy (non-hydrogen) atoms. The second kappa shape index (κ2) is 9.17. The van der Waals surface area contributed by atoms with Crippen LogP contribution in [0.5, 0.6) is 0 Å². The molecule has 2 N–H and O–H groups in total. The van der Waals surface area contributed by atoms with E-state index in [9.17, 15) is 27.6 Å². The number of hydrogen-bond donors (Lipinski definition) is 2. The molecule has 0 aliphatic carbocycles. The average Bonchev–Trinajstić information content (AvgIpc) is 3.14. The SMILES string of the molecule is O=C(COC(=O)CCNC(=O)c1cccs1)Nc1cccc(C(F)(F)F)c1. The molecule has 0 fully saturated rings. The number of anilines is 1. The topological polar surface area (TPSA) is 84.5 Å². The summed E-state index contributed by atoms with van der Waals surface area (Å²) in [6, 6.07) is 7.45. The second-order valence-electron chi connectivity index (χ2n) is 5.27. The number of hydrogen-bond acceptors (Lipinski definition) is 5. The Bertz CT molecular complexity index is 807. The minimum Gasteiger partial charge on any atom is -0.456 e. The van der Waals surface area contributed by atoms with Gasteiger partial charge in [0.1, 0.15) is 0 Å². The van der Waals surface area contributed by atoms with Crippen LogP contribution in [0, 0.1) is 0 Å². The smallest absolute Gasteiger partial charge is 0.416 e. The first-order chi connectivity index (χ1) is 12.8. The third-order valence-corrected chi connectivity index (χ3v) is 4.07. The van der Waals surface area contributed by atoms with Crippen LogP contribution < -0.4 is 10.6 Å². The molecule has 0 unspecified atom stereocenters. The van der Waals surface area contributed by atoms with Crippen molar-refractivity contribution >= 4 is 34.8 Å². The molecular formula is C17H15F3N2O4S. The molecule has 1 heterocycles. The highest BCUT2D eigenvalue weighted by atomic mass is 32.1. The first kappa shape index (κ1) is 20.4. The van der Waals surface area contributed by atoms with Gasteiger partial charge in [-0.2, -0.15) is 13.2 Å². The fourth-order valence-corrected chi connectivity index (χ4v) is 2.60. The minimum absolute atomic E-state index is 0.0326.